The highest BCUT2D eigenvalue weighted by atomic mass is 32.2. The molecule has 0 spiro atoms. The van der Waals surface area contributed by atoms with Crippen molar-refractivity contribution < 1.29 is 4.79 Å². The van der Waals surface area contributed by atoms with Crippen LogP contribution in [0.1, 0.15) is 19.8 Å². The molecule has 6 nitrogen and oxygen atoms in total. The summed E-state index contributed by atoms with van der Waals surface area (Å²) in [6, 6.07) is 18.1. The zero-order chi connectivity index (χ0) is 20.0. The van der Waals surface area contributed by atoms with Gasteiger partial charge in [-0.2, -0.15) is 5.26 Å². The molecule has 0 aliphatic heterocycles. The van der Waals surface area contributed by atoms with E-state index in [1.54, 1.807) is 0 Å². The predicted molar refractivity (Wildman–Crippen MR) is 114 cm³/mol. The van der Waals surface area contributed by atoms with Gasteiger partial charge in [0.1, 0.15) is 11.2 Å². The van der Waals surface area contributed by atoms with Crippen molar-refractivity contribution in [1.82, 2.24) is 19.7 Å². The van der Waals surface area contributed by atoms with Crippen molar-refractivity contribution in [2.75, 3.05) is 5.75 Å². The Bertz CT molecular complexity index is 1300. The highest BCUT2D eigenvalue weighted by molar-refractivity contribution is 7.99. The van der Waals surface area contributed by atoms with Crippen LogP contribution in [0.25, 0.3) is 27.6 Å². The Morgan fingerprint density at radius 1 is 1.21 bits per heavy atom. The number of para-hydroxylation sites is 3. The first-order chi connectivity index (χ1) is 14.1. The molecule has 2 aromatic heterocycles. The summed E-state index contributed by atoms with van der Waals surface area (Å²) in [6.45, 7) is 1.81. The molecule has 0 bridgehead atoms. The summed E-state index contributed by atoms with van der Waals surface area (Å²) in [4.78, 5) is 22.2. The van der Waals surface area contributed by atoms with Crippen LogP contribution in [0.5, 0.6) is 0 Å². The van der Waals surface area contributed by atoms with Gasteiger partial charge in [0.2, 0.25) is 5.91 Å². The Kier molecular flexibility index (Phi) is 4.18. The molecule has 1 atom stereocenters. The molecule has 0 radical (unpaired) electrons. The summed E-state index contributed by atoms with van der Waals surface area (Å²) in [5, 5.41) is 14.1. The number of nitrogens with zero attached hydrogens (tertiary/aromatic N) is 4. The number of hydrogen-bond donors (Lipinski definition) is 1. The van der Waals surface area contributed by atoms with Gasteiger partial charge in [-0.1, -0.05) is 36.0 Å². The number of hydrogen-bond acceptors (Lipinski definition) is 5. The second-order valence-electron chi connectivity index (χ2n) is 7.60. The van der Waals surface area contributed by atoms with E-state index in [9.17, 15) is 10.1 Å². The number of rotatable bonds is 5. The van der Waals surface area contributed by atoms with E-state index < -0.39 is 5.54 Å². The lowest BCUT2D eigenvalue weighted by atomic mass is 9.98. The molecule has 1 fully saturated rings. The first kappa shape index (κ1) is 18.0. The van der Waals surface area contributed by atoms with E-state index in [1.807, 2.05) is 59.9 Å². The van der Waals surface area contributed by atoms with E-state index in [1.165, 1.54) is 11.8 Å². The van der Waals surface area contributed by atoms with Gasteiger partial charge in [-0.25, -0.2) is 9.97 Å². The number of imidazole rings is 1. The van der Waals surface area contributed by atoms with E-state index in [2.05, 4.69) is 11.4 Å². The summed E-state index contributed by atoms with van der Waals surface area (Å²) in [7, 11) is 0. The van der Waals surface area contributed by atoms with Crippen LogP contribution < -0.4 is 5.32 Å². The monoisotopic (exact) mass is 401 g/mol. The van der Waals surface area contributed by atoms with E-state index in [0.29, 0.717) is 5.16 Å². The molecule has 2 aromatic carbocycles. The SMILES string of the molecule is C[C@@](C#N)(NC(=O)CSc1nc2ccccc2c2nc3ccccc3n12)C1CC1. The second kappa shape index (κ2) is 6.75. The minimum atomic E-state index is -0.786. The molecule has 0 unspecified atom stereocenters. The minimum absolute atomic E-state index is 0.154. The van der Waals surface area contributed by atoms with Crippen LogP contribution in [-0.4, -0.2) is 31.6 Å². The number of carbonyl (C=O) groups is 1. The Balaban J connectivity index is 1.52. The lowest BCUT2D eigenvalue weighted by Crippen LogP contribution is -2.47. The smallest absolute Gasteiger partial charge is 0.231 e. The fraction of sp³-hybridized carbons (Fsp3) is 0.273. The largest absolute Gasteiger partial charge is 0.337 e. The van der Waals surface area contributed by atoms with Crippen molar-refractivity contribution in [3.05, 3.63) is 48.5 Å². The van der Waals surface area contributed by atoms with Gasteiger partial charge in [-0.15, -0.1) is 0 Å². The molecule has 4 aromatic rings. The van der Waals surface area contributed by atoms with Crippen LogP contribution in [0.15, 0.2) is 53.7 Å². The number of amides is 1. The van der Waals surface area contributed by atoms with Crippen molar-refractivity contribution >= 4 is 45.3 Å². The normalized spacial score (nSPS) is 16.0. The Morgan fingerprint density at radius 2 is 1.93 bits per heavy atom. The van der Waals surface area contributed by atoms with Gasteiger partial charge in [0.05, 0.1) is 28.4 Å². The molecular weight excluding hydrogens is 382 g/mol. The average Bonchev–Trinajstić information content (AvgIpc) is 3.53. The van der Waals surface area contributed by atoms with Crippen LogP contribution in [-0.2, 0) is 4.79 Å². The molecule has 2 heterocycles. The molecule has 1 aliphatic rings. The van der Waals surface area contributed by atoms with Gasteiger partial charge >= 0.3 is 0 Å². The highest BCUT2D eigenvalue weighted by Crippen LogP contribution is 2.39. The lowest BCUT2D eigenvalue weighted by Gasteiger charge is -2.22. The number of aromatic nitrogens is 3. The van der Waals surface area contributed by atoms with Gasteiger partial charge in [-0.3, -0.25) is 9.20 Å². The van der Waals surface area contributed by atoms with Crippen molar-refractivity contribution in [3.63, 3.8) is 0 Å². The van der Waals surface area contributed by atoms with Crippen LogP contribution in [0.3, 0.4) is 0 Å². The number of nitriles is 1. The molecular formula is C22H19N5OS. The number of nitrogens with one attached hydrogen (secondary N) is 1. The molecule has 29 heavy (non-hydrogen) atoms. The molecule has 1 saturated carbocycles. The quantitative estimate of drug-likeness (QED) is 0.405. The van der Waals surface area contributed by atoms with E-state index in [0.717, 1.165) is 40.4 Å². The minimum Gasteiger partial charge on any atom is -0.337 e. The topological polar surface area (TPSA) is 83.1 Å². The fourth-order valence-electron chi connectivity index (χ4n) is 3.75. The van der Waals surface area contributed by atoms with Crippen LogP contribution in [0.4, 0.5) is 0 Å². The third-order valence-electron chi connectivity index (χ3n) is 5.47. The maximum absolute atomic E-state index is 12.6. The third kappa shape index (κ3) is 3.10. The molecule has 1 N–H and O–H groups in total. The maximum atomic E-state index is 12.6. The fourth-order valence-corrected chi connectivity index (χ4v) is 4.56. The maximum Gasteiger partial charge on any atom is 0.231 e. The van der Waals surface area contributed by atoms with Crippen molar-refractivity contribution in [2.45, 2.75) is 30.5 Å². The summed E-state index contributed by atoms with van der Waals surface area (Å²) in [5.41, 5.74) is 2.75. The molecule has 1 aliphatic carbocycles. The van der Waals surface area contributed by atoms with E-state index in [-0.39, 0.29) is 17.6 Å². The van der Waals surface area contributed by atoms with Gasteiger partial charge in [-0.05, 0) is 49.9 Å². The average molecular weight is 401 g/mol. The Labute approximate surface area is 171 Å². The number of fused-ring (bicyclic) bond motifs is 5. The standard InChI is InChI=1S/C22H19N5OS/c1-22(13-23,14-10-11-14)26-19(28)12-29-21-25-16-7-3-2-6-15(16)20-24-17-8-4-5-9-18(17)27(20)21/h2-9,14H,10-12H2,1H3,(H,26,28)/t22-/m0/s1. The highest BCUT2D eigenvalue weighted by Gasteiger charge is 2.42. The molecule has 144 valence electrons. The Morgan fingerprint density at radius 3 is 2.69 bits per heavy atom. The van der Waals surface area contributed by atoms with Crippen LogP contribution in [0, 0.1) is 17.2 Å². The first-order valence-electron chi connectivity index (χ1n) is 9.60. The Hall–Kier alpha value is -3.11. The van der Waals surface area contributed by atoms with Gasteiger partial charge in [0.25, 0.3) is 0 Å². The van der Waals surface area contributed by atoms with Gasteiger partial charge < -0.3 is 5.32 Å². The second-order valence-corrected chi connectivity index (χ2v) is 8.54. The van der Waals surface area contributed by atoms with E-state index >= 15 is 0 Å². The van der Waals surface area contributed by atoms with Gasteiger partial charge in [0, 0.05) is 5.39 Å². The van der Waals surface area contributed by atoms with Crippen LogP contribution in [0.2, 0.25) is 0 Å². The van der Waals surface area contributed by atoms with Gasteiger partial charge in [0.15, 0.2) is 5.16 Å². The van der Waals surface area contributed by atoms with Crippen LogP contribution >= 0.6 is 11.8 Å². The molecule has 1 amide bonds. The summed E-state index contributed by atoms with van der Waals surface area (Å²) in [5.74, 6) is 0.291. The molecule has 0 saturated heterocycles. The summed E-state index contributed by atoms with van der Waals surface area (Å²) >= 11 is 1.37. The van der Waals surface area contributed by atoms with Crippen molar-refractivity contribution in [1.29, 1.82) is 5.26 Å². The van der Waals surface area contributed by atoms with Crippen molar-refractivity contribution in [3.8, 4) is 6.07 Å². The zero-order valence-corrected chi connectivity index (χ0v) is 16.7. The summed E-state index contributed by atoms with van der Waals surface area (Å²) < 4.78 is 2.01. The first-order valence-corrected chi connectivity index (χ1v) is 10.6. The third-order valence-corrected chi connectivity index (χ3v) is 6.41. The molecule has 7 heteroatoms. The lowest BCUT2D eigenvalue weighted by molar-refractivity contribution is -0.119. The number of carbonyl (C=O) groups excluding carboxylic acids is 1. The predicted octanol–water partition coefficient (Wildman–Crippen LogP) is 3.94. The zero-order valence-electron chi connectivity index (χ0n) is 15.9. The number of thioether (sulfide) groups is 1. The number of benzene rings is 2. The van der Waals surface area contributed by atoms with Crippen molar-refractivity contribution in [2.24, 2.45) is 5.92 Å². The molecule has 5 rings (SSSR count). The van der Waals surface area contributed by atoms with E-state index in [4.69, 9.17) is 9.97 Å². The summed E-state index contributed by atoms with van der Waals surface area (Å²) in [6.07, 6.45) is 1.98.